The zero-order chi connectivity index (χ0) is 12.7. The van der Waals surface area contributed by atoms with Crippen LogP contribution in [0.5, 0.6) is 0 Å². The minimum Gasteiger partial charge on any atom is -0.466 e. The largest absolute Gasteiger partial charge is 0.466 e. The van der Waals surface area contributed by atoms with E-state index in [0.29, 0.717) is 0 Å². The van der Waals surface area contributed by atoms with Crippen LogP contribution in [0.25, 0.3) is 0 Å². The van der Waals surface area contributed by atoms with Gasteiger partial charge in [-0.25, -0.2) is 0 Å². The molecule has 0 N–H and O–H groups in total. The van der Waals surface area contributed by atoms with Crippen molar-refractivity contribution in [2.75, 3.05) is 0 Å². The third kappa shape index (κ3) is 4.85. The summed E-state index contributed by atoms with van der Waals surface area (Å²) < 4.78 is 5.80. The molecule has 0 saturated heterocycles. The van der Waals surface area contributed by atoms with E-state index in [-0.39, 0.29) is 0 Å². The fourth-order valence-corrected chi connectivity index (χ4v) is 1.47. The van der Waals surface area contributed by atoms with Gasteiger partial charge in [0.15, 0.2) is 0 Å². The molecule has 1 aliphatic rings. The van der Waals surface area contributed by atoms with Crippen molar-refractivity contribution in [3.8, 4) is 0 Å². The van der Waals surface area contributed by atoms with Gasteiger partial charge in [0.1, 0.15) is 17.8 Å². The van der Waals surface area contributed by atoms with Gasteiger partial charge in [-0.05, 0) is 38.0 Å². The molecule has 2 heteroatoms. The first kappa shape index (κ1) is 13.5. The van der Waals surface area contributed by atoms with Gasteiger partial charge in [-0.15, -0.1) is 0 Å². The second kappa shape index (κ2) is 6.89. The summed E-state index contributed by atoms with van der Waals surface area (Å²) in [5, 5.41) is 0. The lowest BCUT2D eigenvalue weighted by atomic mass is 10.1. The molecule has 0 fully saturated rings. The summed E-state index contributed by atoms with van der Waals surface area (Å²) in [7, 11) is 0. The first-order chi connectivity index (χ1) is 8.15. The molecular formula is C15H20O2. The number of aldehydes is 1. The highest BCUT2D eigenvalue weighted by Crippen LogP contribution is 2.21. The van der Waals surface area contributed by atoms with Crippen LogP contribution in [0.2, 0.25) is 0 Å². The number of rotatable bonds is 5. The Kier molecular flexibility index (Phi) is 5.47. The number of allylic oxidation sites excluding steroid dienone is 8. The molecule has 0 spiro atoms. The highest BCUT2D eigenvalue weighted by Gasteiger charge is 2.07. The van der Waals surface area contributed by atoms with Crippen LogP contribution >= 0.6 is 0 Å². The molecule has 0 aromatic carbocycles. The summed E-state index contributed by atoms with van der Waals surface area (Å²) in [5.41, 5.74) is 2.09. The molecule has 0 heterocycles. The Morgan fingerprint density at radius 2 is 2.06 bits per heavy atom. The second-order valence-electron chi connectivity index (χ2n) is 4.33. The van der Waals surface area contributed by atoms with E-state index >= 15 is 0 Å². The molecule has 1 aliphatic carbocycles. The highest BCUT2D eigenvalue weighted by molar-refractivity contribution is 5.74. The zero-order valence-corrected chi connectivity index (χ0v) is 10.8. The van der Waals surface area contributed by atoms with Crippen LogP contribution < -0.4 is 0 Å². The van der Waals surface area contributed by atoms with Gasteiger partial charge >= 0.3 is 0 Å². The lowest BCUT2D eigenvalue weighted by molar-refractivity contribution is -0.105. The Labute approximate surface area is 103 Å². The first-order valence-electron chi connectivity index (χ1n) is 6.02. The standard InChI is InChI=1S/C15H20O2/c1-4-14(8-5-12(2)3)17-15-9-6-13(11-16)7-10-15/h5-6,8-9,11H,4,7,10H2,1-3H3. The van der Waals surface area contributed by atoms with Crippen LogP contribution in [-0.4, -0.2) is 6.29 Å². The Morgan fingerprint density at radius 3 is 2.53 bits per heavy atom. The number of hydrogen-bond acceptors (Lipinski definition) is 2. The van der Waals surface area contributed by atoms with Crippen molar-refractivity contribution in [2.45, 2.75) is 40.0 Å². The minimum absolute atomic E-state index is 0.773. The SMILES string of the molecule is CCC(=CC=C(C)C)OC1=CC=C(C=O)CC1. The number of hydrogen-bond donors (Lipinski definition) is 0. The Balaban J connectivity index is 2.67. The number of carbonyl (C=O) groups is 1. The smallest absolute Gasteiger partial charge is 0.146 e. The molecule has 0 atom stereocenters. The Hall–Kier alpha value is -1.57. The molecule has 17 heavy (non-hydrogen) atoms. The van der Waals surface area contributed by atoms with Gasteiger partial charge in [0.05, 0.1) is 0 Å². The second-order valence-corrected chi connectivity index (χ2v) is 4.33. The number of ether oxygens (including phenoxy) is 1. The first-order valence-corrected chi connectivity index (χ1v) is 6.02. The molecule has 0 saturated carbocycles. The van der Waals surface area contributed by atoms with E-state index < -0.39 is 0 Å². The van der Waals surface area contributed by atoms with Gasteiger partial charge < -0.3 is 4.74 Å². The van der Waals surface area contributed by atoms with E-state index in [1.165, 1.54) is 5.57 Å². The number of carbonyl (C=O) groups excluding carboxylic acids is 1. The highest BCUT2D eigenvalue weighted by atomic mass is 16.5. The molecule has 0 unspecified atom stereocenters. The van der Waals surface area contributed by atoms with Gasteiger partial charge in [0, 0.05) is 12.8 Å². The van der Waals surface area contributed by atoms with Gasteiger partial charge in [0.25, 0.3) is 0 Å². The van der Waals surface area contributed by atoms with E-state index in [4.69, 9.17) is 4.74 Å². The normalized spacial score (nSPS) is 15.8. The molecule has 0 radical (unpaired) electrons. The molecular weight excluding hydrogens is 212 g/mol. The van der Waals surface area contributed by atoms with Crippen LogP contribution in [0.4, 0.5) is 0 Å². The lowest BCUT2D eigenvalue weighted by Gasteiger charge is -2.14. The van der Waals surface area contributed by atoms with Gasteiger partial charge in [-0.1, -0.05) is 24.6 Å². The molecule has 0 amide bonds. The van der Waals surface area contributed by atoms with E-state index in [0.717, 1.165) is 42.6 Å². The van der Waals surface area contributed by atoms with Crippen LogP contribution in [0.15, 0.2) is 47.0 Å². The maximum absolute atomic E-state index is 10.6. The minimum atomic E-state index is 0.773. The third-order valence-electron chi connectivity index (χ3n) is 2.51. The van der Waals surface area contributed by atoms with Crippen LogP contribution in [-0.2, 0) is 9.53 Å². The summed E-state index contributed by atoms with van der Waals surface area (Å²) in [6.45, 7) is 6.19. The Morgan fingerprint density at radius 1 is 1.29 bits per heavy atom. The van der Waals surface area contributed by atoms with E-state index in [9.17, 15) is 4.79 Å². The van der Waals surface area contributed by atoms with Crippen molar-refractivity contribution in [1.82, 2.24) is 0 Å². The van der Waals surface area contributed by atoms with E-state index in [1.54, 1.807) is 0 Å². The lowest BCUT2D eigenvalue weighted by Crippen LogP contribution is -1.98. The maximum atomic E-state index is 10.6. The van der Waals surface area contributed by atoms with Crippen molar-refractivity contribution >= 4 is 6.29 Å². The maximum Gasteiger partial charge on any atom is 0.146 e. The molecule has 0 aliphatic heterocycles. The van der Waals surface area contributed by atoms with E-state index in [1.807, 2.05) is 18.2 Å². The molecule has 0 aromatic heterocycles. The van der Waals surface area contributed by atoms with Crippen LogP contribution in [0.1, 0.15) is 40.0 Å². The summed E-state index contributed by atoms with van der Waals surface area (Å²) in [5.74, 6) is 1.89. The van der Waals surface area contributed by atoms with Crippen molar-refractivity contribution in [2.24, 2.45) is 0 Å². The fourth-order valence-electron chi connectivity index (χ4n) is 1.47. The van der Waals surface area contributed by atoms with Crippen LogP contribution in [0, 0.1) is 0 Å². The van der Waals surface area contributed by atoms with Gasteiger partial charge in [-0.3, -0.25) is 4.79 Å². The summed E-state index contributed by atoms with van der Waals surface area (Å²) >= 11 is 0. The summed E-state index contributed by atoms with van der Waals surface area (Å²) in [6.07, 6.45) is 11.1. The predicted octanol–water partition coefficient (Wildman–Crippen LogP) is 4.07. The van der Waals surface area contributed by atoms with Crippen molar-refractivity contribution in [3.05, 3.63) is 47.0 Å². The predicted molar refractivity (Wildman–Crippen MR) is 70.4 cm³/mol. The van der Waals surface area contributed by atoms with E-state index in [2.05, 4.69) is 26.8 Å². The molecule has 0 bridgehead atoms. The molecule has 1 rings (SSSR count). The van der Waals surface area contributed by atoms with Crippen molar-refractivity contribution in [1.29, 1.82) is 0 Å². The summed E-state index contributed by atoms with van der Waals surface area (Å²) in [6, 6.07) is 0. The monoisotopic (exact) mass is 232 g/mol. The van der Waals surface area contributed by atoms with Crippen LogP contribution in [0.3, 0.4) is 0 Å². The average Bonchev–Trinajstić information content (AvgIpc) is 2.35. The molecule has 92 valence electrons. The average molecular weight is 232 g/mol. The topological polar surface area (TPSA) is 26.3 Å². The quantitative estimate of drug-likeness (QED) is 0.406. The molecule has 0 aromatic rings. The van der Waals surface area contributed by atoms with Gasteiger partial charge in [0.2, 0.25) is 0 Å². The molecule has 2 nitrogen and oxygen atoms in total. The Bertz CT molecular complexity index is 391. The third-order valence-corrected chi connectivity index (χ3v) is 2.51. The van der Waals surface area contributed by atoms with Crippen molar-refractivity contribution < 1.29 is 9.53 Å². The van der Waals surface area contributed by atoms with Crippen molar-refractivity contribution in [3.63, 3.8) is 0 Å². The summed E-state index contributed by atoms with van der Waals surface area (Å²) in [4.78, 5) is 10.6. The zero-order valence-electron chi connectivity index (χ0n) is 10.8. The fraction of sp³-hybridized carbons (Fsp3) is 0.400. The van der Waals surface area contributed by atoms with Gasteiger partial charge in [-0.2, -0.15) is 0 Å².